The third-order valence-electron chi connectivity index (χ3n) is 12.4. The normalized spacial score (nSPS) is 11.9. The van der Waals surface area contributed by atoms with Crippen LogP contribution in [0.2, 0.25) is 0 Å². The van der Waals surface area contributed by atoms with Crippen LogP contribution in [0.4, 0.5) is 0 Å². The molecule has 11 aromatic rings. The summed E-state index contributed by atoms with van der Waals surface area (Å²) < 4.78 is 6.73. The lowest BCUT2D eigenvalue weighted by Gasteiger charge is -2.20. The summed E-state index contributed by atoms with van der Waals surface area (Å²) in [5, 5.41) is 12.3. The van der Waals surface area contributed by atoms with Crippen LogP contribution in [0, 0.1) is 27.7 Å². The topological polar surface area (TPSA) is 13.1 Å². The summed E-state index contributed by atoms with van der Waals surface area (Å²) in [5.41, 5.74) is 17.0. The average Bonchev–Trinajstić information content (AvgIpc) is 3.61. The fourth-order valence-electron chi connectivity index (χ4n) is 10.0. The van der Waals surface area contributed by atoms with Crippen molar-refractivity contribution < 1.29 is 4.42 Å². The largest absolute Gasteiger partial charge is 0.456 e. The molecule has 0 aliphatic heterocycles. The van der Waals surface area contributed by atoms with E-state index >= 15 is 0 Å². The van der Waals surface area contributed by atoms with Crippen molar-refractivity contribution in [1.82, 2.24) is 0 Å². The van der Waals surface area contributed by atoms with Crippen LogP contribution in [0.3, 0.4) is 0 Å². The van der Waals surface area contributed by atoms with Crippen molar-refractivity contribution in [2.75, 3.05) is 0 Å². The molecule has 1 heteroatoms. The van der Waals surface area contributed by atoms with E-state index in [1.54, 1.807) is 0 Å². The Balaban J connectivity index is 1.23. The second kappa shape index (κ2) is 12.8. The highest BCUT2D eigenvalue weighted by Gasteiger charge is 2.23. The van der Waals surface area contributed by atoms with Gasteiger partial charge in [0.25, 0.3) is 0 Å². The Bertz CT molecular complexity index is 3290. The van der Waals surface area contributed by atoms with Gasteiger partial charge in [0.15, 0.2) is 0 Å². The minimum atomic E-state index is 0.891. The van der Waals surface area contributed by atoms with Crippen LogP contribution in [0.25, 0.3) is 110 Å². The monoisotopic (exact) mass is 728 g/mol. The highest BCUT2D eigenvalue weighted by molar-refractivity contribution is 6.27. The van der Waals surface area contributed by atoms with Crippen LogP contribution in [0.15, 0.2) is 174 Å². The molecule has 11 rings (SSSR count). The third-order valence-corrected chi connectivity index (χ3v) is 12.4. The van der Waals surface area contributed by atoms with Gasteiger partial charge in [-0.25, -0.2) is 0 Å². The molecule has 0 saturated carbocycles. The highest BCUT2D eigenvalue weighted by Crippen LogP contribution is 2.50. The highest BCUT2D eigenvalue weighted by atomic mass is 16.3. The minimum Gasteiger partial charge on any atom is -0.456 e. The van der Waals surface area contributed by atoms with Gasteiger partial charge in [0, 0.05) is 10.8 Å². The van der Waals surface area contributed by atoms with Gasteiger partial charge in [-0.3, -0.25) is 0 Å². The van der Waals surface area contributed by atoms with Gasteiger partial charge in [-0.1, -0.05) is 152 Å². The van der Waals surface area contributed by atoms with E-state index in [9.17, 15) is 0 Å². The first-order valence-corrected chi connectivity index (χ1v) is 19.9. The SMILES string of the molecule is Cc1cccc(C)c1-c1c2ccccc2c(-c2ccc3oc4cccc(-c5c6ccccc6c(-c6c(C)cccc6C)c6ccccc56)c4c3c2)c2ccccc12. The van der Waals surface area contributed by atoms with Crippen LogP contribution in [0.1, 0.15) is 22.3 Å². The van der Waals surface area contributed by atoms with E-state index in [1.165, 1.54) is 110 Å². The van der Waals surface area contributed by atoms with Crippen LogP contribution in [-0.2, 0) is 0 Å². The van der Waals surface area contributed by atoms with Gasteiger partial charge in [-0.15, -0.1) is 0 Å². The molecule has 0 saturated heterocycles. The van der Waals surface area contributed by atoms with Crippen molar-refractivity contribution >= 4 is 65.0 Å². The standard InChI is InChI=1S/C56H40O/c1-33-16-13-17-34(2)50(33)55-42-24-9-5-20-38(42)52(39-21-6-10-25-43(39)55)37-30-31-48-47(32-37)54-46(28-15-29-49(54)57-48)53-40-22-7-11-26-44(40)56(45-27-12-8-23-41(45)53)51-35(3)18-14-19-36(51)4/h5-32H,1-4H3. The summed E-state index contributed by atoms with van der Waals surface area (Å²) in [6.07, 6.45) is 0. The Kier molecular flexibility index (Phi) is 7.50. The van der Waals surface area contributed by atoms with Crippen molar-refractivity contribution in [2.24, 2.45) is 0 Å². The molecule has 0 bridgehead atoms. The first kappa shape index (κ1) is 33.4. The maximum Gasteiger partial charge on any atom is 0.136 e. The molecule has 0 spiro atoms. The average molecular weight is 729 g/mol. The van der Waals surface area contributed by atoms with Crippen LogP contribution >= 0.6 is 0 Å². The molecule has 0 radical (unpaired) electrons. The minimum absolute atomic E-state index is 0.891. The maximum absolute atomic E-state index is 6.73. The zero-order valence-corrected chi connectivity index (χ0v) is 32.6. The van der Waals surface area contributed by atoms with Gasteiger partial charge < -0.3 is 4.42 Å². The molecule has 0 unspecified atom stereocenters. The smallest absolute Gasteiger partial charge is 0.136 e. The number of hydrogen-bond acceptors (Lipinski definition) is 1. The van der Waals surface area contributed by atoms with Gasteiger partial charge in [-0.05, 0) is 156 Å². The lowest BCUT2D eigenvalue weighted by molar-refractivity contribution is 0.669. The first-order valence-electron chi connectivity index (χ1n) is 19.9. The van der Waals surface area contributed by atoms with Crippen LogP contribution in [0.5, 0.6) is 0 Å². The molecule has 0 fully saturated rings. The van der Waals surface area contributed by atoms with E-state index in [0.717, 1.165) is 21.9 Å². The fraction of sp³-hybridized carbons (Fsp3) is 0.0714. The van der Waals surface area contributed by atoms with Crippen molar-refractivity contribution in [3.8, 4) is 44.5 Å². The quantitative estimate of drug-likeness (QED) is 0.165. The number of rotatable bonds is 4. The molecule has 0 atom stereocenters. The molecular weight excluding hydrogens is 689 g/mol. The fourth-order valence-corrected chi connectivity index (χ4v) is 10.0. The molecule has 0 aliphatic carbocycles. The Labute approximate surface area is 332 Å². The van der Waals surface area contributed by atoms with Crippen molar-refractivity contribution in [3.63, 3.8) is 0 Å². The molecule has 0 amide bonds. The third kappa shape index (κ3) is 4.95. The summed E-state index contributed by atoms with van der Waals surface area (Å²) in [6.45, 7) is 8.94. The number of hydrogen-bond donors (Lipinski definition) is 0. The molecule has 57 heavy (non-hydrogen) atoms. The van der Waals surface area contributed by atoms with Crippen molar-refractivity contribution in [3.05, 3.63) is 192 Å². The number of fused-ring (bicyclic) bond motifs is 7. The number of furan rings is 1. The molecule has 270 valence electrons. The Morgan fingerprint density at radius 3 is 1.11 bits per heavy atom. The zero-order valence-electron chi connectivity index (χ0n) is 32.6. The lowest BCUT2D eigenvalue weighted by atomic mass is 9.82. The van der Waals surface area contributed by atoms with Gasteiger partial charge in [0.1, 0.15) is 11.2 Å². The van der Waals surface area contributed by atoms with Gasteiger partial charge in [0.05, 0.1) is 0 Å². The van der Waals surface area contributed by atoms with E-state index in [2.05, 4.69) is 198 Å². The van der Waals surface area contributed by atoms with Crippen molar-refractivity contribution in [1.29, 1.82) is 0 Å². The van der Waals surface area contributed by atoms with Crippen LogP contribution < -0.4 is 0 Å². The number of benzene rings is 10. The van der Waals surface area contributed by atoms with E-state index in [1.807, 2.05) is 0 Å². The lowest BCUT2D eigenvalue weighted by Crippen LogP contribution is -1.94. The van der Waals surface area contributed by atoms with Gasteiger partial charge in [0.2, 0.25) is 0 Å². The predicted octanol–water partition coefficient (Wildman–Crippen LogP) is 16.1. The Hall–Kier alpha value is -6.96. The summed E-state index contributed by atoms with van der Waals surface area (Å²) in [5.74, 6) is 0. The molecule has 0 aliphatic rings. The summed E-state index contributed by atoms with van der Waals surface area (Å²) in [6, 6.07) is 62.5. The summed E-state index contributed by atoms with van der Waals surface area (Å²) >= 11 is 0. The van der Waals surface area contributed by atoms with E-state index in [-0.39, 0.29) is 0 Å². The predicted molar refractivity (Wildman–Crippen MR) is 244 cm³/mol. The Morgan fingerprint density at radius 2 is 0.667 bits per heavy atom. The first-order chi connectivity index (χ1) is 28.0. The summed E-state index contributed by atoms with van der Waals surface area (Å²) in [4.78, 5) is 0. The molecule has 1 aromatic heterocycles. The molecular formula is C56H40O. The second-order valence-electron chi connectivity index (χ2n) is 15.7. The summed E-state index contributed by atoms with van der Waals surface area (Å²) in [7, 11) is 0. The van der Waals surface area contributed by atoms with Crippen molar-refractivity contribution in [2.45, 2.75) is 27.7 Å². The second-order valence-corrected chi connectivity index (χ2v) is 15.7. The number of aryl methyl sites for hydroxylation is 4. The van der Waals surface area contributed by atoms with Gasteiger partial charge >= 0.3 is 0 Å². The molecule has 1 heterocycles. The van der Waals surface area contributed by atoms with E-state index in [0.29, 0.717) is 0 Å². The molecule has 0 N–H and O–H groups in total. The zero-order chi connectivity index (χ0) is 38.4. The maximum atomic E-state index is 6.73. The van der Waals surface area contributed by atoms with Crippen LogP contribution in [-0.4, -0.2) is 0 Å². The van der Waals surface area contributed by atoms with Gasteiger partial charge in [-0.2, -0.15) is 0 Å². The molecule has 1 nitrogen and oxygen atoms in total. The Morgan fingerprint density at radius 1 is 0.281 bits per heavy atom. The molecule has 10 aromatic carbocycles. The van der Waals surface area contributed by atoms with E-state index < -0.39 is 0 Å². The van der Waals surface area contributed by atoms with E-state index in [4.69, 9.17) is 4.42 Å².